The Kier molecular flexibility index (Phi) is 2.46. The van der Waals surface area contributed by atoms with Crippen LogP contribution in [0.2, 0.25) is 0 Å². The van der Waals surface area contributed by atoms with Crippen molar-refractivity contribution in [2.24, 2.45) is 5.41 Å². The van der Waals surface area contributed by atoms with Crippen molar-refractivity contribution in [3.63, 3.8) is 0 Å². The highest BCUT2D eigenvalue weighted by Crippen LogP contribution is 2.37. The highest BCUT2D eigenvalue weighted by Gasteiger charge is 2.32. The zero-order valence-corrected chi connectivity index (χ0v) is 10.2. The van der Waals surface area contributed by atoms with Gasteiger partial charge in [0.2, 0.25) is 5.91 Å². The number of hydrogen-bond donors (Lipinski definition) is 1. The van der Waals surface area contributed by atoms with E-state index in [1.807, 2.05) is 32.0 Å². The Morgan fingerprint density at radius 1 is 1.47 bits per heavy atom. The smallest absolute Gasteiger partial charge is 0.233 e. The summed E-state index contributed by atoms with van der Waals surface area (Å²) in [7, 11) is 0. The second-order valence-electron chi connectivity index (χ2n) is 4.24. The molecule has 80 valence electrons. The summed E-state index contributed by atoms with van der Waals surface area (Å²) in [5.74, 6) is 0.691. The zero-order chi connectivity index (χ0) is 11.1. The number of rotatable bonds is 0. The molecule has 0 spiro atoms. The molecular weight excluding hydrogens is 258 g/mol. The predicted molar refractivity (Wildman–Crippen MR) is 62.0 cm³/mol. The van der Waals surface area contributed by atoms with E-state index < -0.39 is 5.41 Å². The summed E-state index contributed by atoms with van der Waals surface area (Å²) in [5, 5.41) is 2.86. The maximum atomic E-state index is 11.8. The zero-order valence-electron chi connectivity index (χ0n) is 8.63. The van der Waals surface area contributed by atoms with Crippen LogP contribution in [0.15, 0.2) is 22.7 Å². The number of halogens is 1. The lowest BCUT2D eigenvalue weighted by molar-refractivity contribution is -0.124. The minimum absolute atomic E-state index is 0.0145. The number of hydrogen-bond acceptors (Lipinski definition) is 2. The van der Waals surface area contributed by atoms with Gasteiger partial charge in [-0.2, -0.15) is 0 Å². The first kappa shape index (κ1) is 10.5. The average Bonchev–Trinajstić information content (AvgIpc) is 2.26. The van der Waals surface area contributed by atoms with Crippen LogP contribution >= 0.6 is 15.9 Å². The van der Waals surface area contributed by atoms with Gasteiger partial charge in [-0.25, -0.2) is 0 Å². The maximum Gasteiger partial charge on any atom is 0.233 e. The highest BCUT2D eigenvalue weighted by molar-refractivity contribution is 9.10. The number of nitrogens with one attached hydrogen (secondary N) is 1. The second kappa shape index (κ2) is 3.52. The van der Waals surface area contributed by atoms with E-state index in [1.54, 1.807) is 0 Å². The lowest BCUT2D eigenvalue weighted by Crippen LogP contribution is -2.33. The number of anilines is 1. The standard InChI is InChI=1S/C11H12BrNO2/c1-11(2)6-15-9-7(12)4-3-5-8(9)13-10(11)14/h3-5H,6H2,1-2H3,(H,13,14). The van der Waals surface area contributed by atoms with Gasteiger partial charge in [0.15, 0.2) is 5.75 Å². The normalized spacial score (nSPS) is 18.5. The quantitative estimate of drug-likeness (QED) is 0.787. The molecule has 1 N–H and O–H groups in total. The fourth-order valence-electron chi connectivity index (χ4n) is 1.36. The van der Waals surface area contributed by atoms with Crippen LogP contribution in [0.4, 0.5) is 5.69 Å². The van der Waals surface area contributed by atoms with Gasteiger partial charge in [-0.15, -0.1) is 0 Å². The molecule has 4 heteroatoms. The van der Waals surface area contributed by atoms with Gasteiger partial charge >= 0.3 is 0 Å². The van der Waals surface area contributed by atoms with Crippen LogP contribution in [0.1, 0.15) is 13.8 Å². The Labute approximate surface area is 96.9 Å². The lowest BCUT2D eigenvalue weighted by Gasteiger charge is -2.18. The second-order valence-corrected chi connectivity index (χ2v) is 5.10. The molecule has 0 atom stereocenters. The minimum atomic E-state index is -0.502. The Morgan fingerprint density at radius 2 is 2.20 bits per heavy atom. The first-order chi connectivity index (χ1) is 7.00. The summed E-state index contributed by atoms with van der Waals surface area (Å²) in [6.07, 6.45) is 0. The number of benzene rings is 1. The molecule has 1 aromatic rings. The van der Waals surface area contributed by atoms with E-state index in [9.17, 15) is 4.79 Å². The van der Waals surface area contributed by atoms with Gasteiger partial charge in [0.25, 0.3) is 0 Å². The molecule has 0 bridgehead atoms. The van der Waals surface area contributed by atoms with Crippen molar-refractivity contribution in [3.05, 3.63) is 22.7 Å². The summed E-state index contributed by atoms with van der Waals surface area (Å²) in [6.45, 7) is 4.11. The topological polar surface area (TPSA) is 38.3 Å². The van der Waals surface area contributed by atoms with E-state index in [0.29, 0.717) is 12.4 Å². The first-order valence-electron chi connectivity index (χ1n) is 4.73. The molecular formula is C11H12BrNO2. The predicted octanol–water partition coefficient (Wildman–Crippen LogP) is 2.81. The molecule has 0 aliphatic carbocycles. The van der Waals surface area contributed by atoms with Gasteiger partial charge in [0.1, 0.15) is 6.61 Å². The maximum absolute atomic E-state index is 11.8. The van der Waals surface area contributed by atoms with Crippen molar-refractivity contribution >= 4 is 27.5 Å². The van der Waals surface area contributed by atoms with Crippen molar-refractivity contribution in [2.75, 3.05) is 11.9 Å². The van der Waals surface area contributed by atoms with Crippen molar-refractivity contribution in [3.8, 4) is 5.75 Å². The third-order valence-corrected chi connectivity index (χ3v) is 3.03. The number of fused-ring (bicyclic) bond motifs is 1. The molecule has 0 unspecified atom stereocenters. The van der Waals surface area contributed by atoms with E-state index in [2.05, 4.69) is 21.2 Å². The molecule has 1 aliphatic rings. The summed E-state index contributed by atoms with van der Waals surface area (Å²) in [4.78, 5) is 11.8. The third-order valence-electron chi connectivity index (χ3n) is 2.41. The van der Waals surface area contributed by atoms with Crippen LogP contribution in [0.3, 0.4) is 0 Å². The molecule has 0 fully saturated rings. The van der Waals surface area contributed by atoms with Gasteiger partial charge < -0.3 is 10.1 Å². The monoisotopic (exact) mass is 269 g/mol. The average molecular weight is 270 g/mol. The van der Waals surface area contributed by atoms with Crippen LogP contribution in [0.5, 0.6) is 5.75 Å². The number of amides is 1. The molecule has 0 saturated carbocycles. The van der Waals surface area contributed by atoms with Crippen LogP contribution in [-0.2, 0) is 4.79 Å². The molecule has 0 saturated heterocycles. The van der Waals surface area contributed by atoms with Gasteiger partial charge in [-0.05, 0) is 41.9 Å². The molecule has 3 nitrogen and oxygen atoms in total. The van der Waals surface area contributed by atoms with Crippen LogP contribution < -0.4 is 10.1 Å². The van der Waals surface area contributed by atoms with E-state index in [-0.39, 0.29) is 5.91 Å². The number of para-hydroxylation sites is 1. The molecule has 15 heavy (non-hydrogen) atoms. The van der Waals surface area contributed by atoms with Crippen LogP contribution in [0, 0.1) is 5.41 Å². The fourth-order valence-corrected chi connectivity index (χ4v) is 1.84. The molecule has 1 amide bonds. The Bertz CT molecular complexity index is 415. The summed E-state index contributed by atoms with van der Waals surface area (Å²) in [6, 6.07) is 5.59. The summed E-state index contributed by atoms with van der Waals surface area (Å²) < 4.78 is 6.49. The molecule has 1 aliphatic heterocycles. The van der Waals surface area contributed by atoms with Gasteiger partial charge in [-0.1, -0.05) is 6.07 Å². The first-order valence-corrected chi connectivity index (χ1v) is 5.53. The highest BCUT2D eigenvalue weighted by atomic mass is 79.9. The molecule has 2 rings (SSSR count). The summed E-state index contributed by atoms with van der Waals surface area (Å²) >= 11 is 3.40. The van der Waals surface area contributed by atoms with Crippen LogP contribution in [0.25, 0.3) is 0 Å². The lowest BCUT2D eigenvalue weighted by atomic mass is 9.94. The van der Waals surface area contributed by atoms with E-state index in [1.165, 1.54) is 0 Å². The Hall–Kier alpha value is -1.03. The Balaban J connectivity index is 2.44. The molecule has 1 aromatic carbocycles. The third kappa shape index (κ3) is 1.86. The van der Waals surface area contributed by atoms with Gasteiger partial charge in [0.05, 0.1) is 15.6 Å². The van der Waals surface area contributed by atoms with Crippen molar-refractivity contribution in [2.45, 2.75) is 13.8 Å². The van der Waals surface area contributed by atoms with Crippen molar-refractivity contribution in [1.29, 1.82) is 0 Å². The minimum Gasteiger partial charge on any atom is -0.489 e. The molecule has 0 radical (unpaired) electrons. The SMILES string of the molecule is CC1(C)COc2c(Br)cccc2NC1=O. The molecule has 1 heterocycles. The number of carbonyl (C=O) groups excluding carboxylic acids is 1. The van der Waals surface area contributed by atoms with Gasteiger partial charge in [-0.3, -0.25) is 4.79 Å². The van der Waals surface area contributed by atoms with E-state index in [4.69, 9.17) is 4.74 Å². The van der Waals surface area contributed by atoms with Crippen molar-refractivity contribution < 1.29 is 9.53 Å². The van der Waals surface area contributed by atoms with Crippen LogP contribution in [-0.4, -0.2) is 12.5 Å². The van der Waals surface area contributed by atoms with Gasteiger partial charge in [0, 0.05) is 0 Å². The molecule has 0 aromatic heterocycles. The number of carbonyl (C=O) groups is 1. The Morgan fingerprint density at radius 3 is 2.93 bits per heavy atom. The summed E-state index contributed by atoms with van der Waals surface area (Å²) in [5.41, 5.74) is 0.221. The fraction of sp³-hybridized carbons (Fsp3) is 0.364. The largest absolute Gasteiger partial charge is 0.489 e. The van der Waals surface area contributed by atoms with E-state index >= 15 is 0 Å². The van der Waals surface area contributed by atoms with Crippen molar-refractivity contribution in [1.82, 2.24) is 0 Å². The number of ether oxygens (including phenoxy) is 1. The van der Waals surface area contributed by atoms with E-state index in [0.717, 1.165) is 10.2 Å².